The van der Waals surface area contributed by atoms with Gasteiger partial charge in [0.15, 0.2) is 5.78 Å². The number of carbonyl (C=O) groups is 2. The summed E-state index contributed by atoms with van der Waals surface area (Å²) in [5.41, 5.74) is 1.04. The molecule has 5 heteroatoms. The van der Waals surface area contributed by atoms with Crippen LogP contribution in [0, 0.1) is 0 Å². The molecule has 2 aromatic rings. The molecule has 23 heavy (non-hydrogen) atoms. The number of hydrogen-bond donors (Lipinski definition) is 1. The van der Waals surface area contributed by atoms with Gasteiger partial charge in [0.1, 0.15) is 0 Å². The molecule has 3 nitrogen and oxygen atoms in total. The van der Waals surface area contributed by atoms with Gasteiger partial charge in [-0.05, 0) is 36.4 Å². The van der Waals surface area contributed by atoms with Gasteiger partial charge in [0.25, 0.3) is 0 Å². The zero-order chi connectivity index (χ0) is 16.2. The first-order chi connectivity index (χ1) is 11.1. The van der Waals surface area contributed by atoms with Gasteiger partial charge in [-0.3, -0.25) is 9.59 Å². The van der Waals surface area contributed by atoms with E-state index >= 15 is 0 Å². The molecule has 3 rings (SSSR count). The highest BCUT2D eigenvalue weighted by Crippen LogP contribution is 2.30. The topological polar surface area (TPSA) is 46.2 Å². The van der Waals surface area contributed by atoms with E-state index in [-0.39, 0.29) is 17.3 Å². The summed E-state index contributed by atoms with van der Waals surface area (Å²) < 4.78 is 0.949. The summed E-state index contributed by atoms with van der Waals surface area (Å²) in [5, 5.41) is 2.99. The lowest BCUT2D eigenvalue weighted by Crippen LogP contribution is -2.17. The SMILES string of the molecule is O=C1C=C(Sc2ccccc2)C(=O)C=C1Nc1ccc(Br)cc1. The summed E-state index contributed by atoms with van der Waals surface area (Å²) in [7, 11) is 0. The highest BCUT2D eigenvalue weighted by Gasteiger charge is 2.21. The van der Waals surface area contributed by atoms with Gasteiger partial charge in [0.05, 0.1) is 10.6 Å². The van der Waals surface area contributed by atoms with Crippen LogP contribution in [0.4, 0.5) is 5.69 Å². The minimum absolute atomic E-state index is 0.168. The average molecular weight is 386 g/mol. The third-order valence-corrected chi connectivity index (χ3v) is 4.72. The predicted octanol–water partition coefficient (Wildman–Crippen LogP) is 4.57. The van der Waals surface area contributed by atoms with E-state index in [9.17, 15) is 9.59 Å². The Morgan fingerprint density at radius 3 is 2.22 bits per heavy atom. The molecule has 0 aliphatic heterocycles. The Morgan fingerprint density at radius 1 is 0.826 bits per heavy atom. The number of carbonyl (C=O) groups excluding carboxylic acids is 2. The van der Waals surface area contributed by atoms with E-state index in [4.69, 9.17) is 0 Å². The van der Waals surface area contributed by atoms with Gasteiger partial charge in [-0.15, -0.1) is 0 Å². The summed E-state index contributed by atoms with van der Waals surface area (Å²) in [4.78, 5) is 25.8. The number of thioether (sulfide) groups is 1. The first-order valence-electron chi connectivity index (χ1n) is 6.89. The summed E-state index contributed by atoms with van der Waals surface area (Å²) >= 11 is 4.65. The third kappa shape index (κ3) is 4.00. The quantitative estimate of drug-likeness (QED) is 0.782. The van der Waals surface area contributed by atoms with Gasteiger partial charge < -0.3 is 5.32 Å². The maximum atomic E-state index is 12.2. The van der Waals surface area contributed by atoms with E-state index in [0.29, 0.717) is 4.91 Å². The first-order valence-corrected chi connectivity index (χ1v) is 8.50. The Bertz CT molecular complexity index is 811. The molecular formula is C18H12BrNO2S. The number of ketones is 2. The van der Waals surface area contributed by atoms with Gasteiger partial charge in [0, 0.05) is 27.2 Å². The van der Waals surface area contributed by atoms with E-state index in [0.717, 1.165) is 15.1 Å². The van der Waals surface area contributed by atoms with Crippen LogP contribution in [0.25, 0.3) is 0 Å². The number of allylic oxidation sites excluding steroid dienone is 3. The van der Waals surface area contributed by atoms with Crippen LogP contribution >= 0.6 is 27.7 Å². The molecule has 0 atom stereocenters. The molecule has 0 radical (unpaired) electrons. The van der Waals surface area contributed by atoms with Crippen molar-refractivity contribution in [1.29, 1.82) is 0 Å². The fraction of sp³-hybridized carbons (Fsp3) is 0. The van der Waals surface area contributed by atoms with Crippen LogP contribution in [0.1, 0.15) is 0 Å². The second-order valence-electron chi connectivity index (χ2n) is 4.84. The second-order valence-corrected chi connectivity index (χ2v) is 6.87. The van der Waals surface area contributed by atoms with E-state index < -0.39 is 0 Å². The maximum Gasteiger partial charge on any atom is 0.203 e. The minimum Gasteiger partial charge on any atom is -0.352 e. The van der Waals surface area contributed by atoms with Crippen LogP contribution in [-0.4, -0.2) is 11.6 Å². The lowest BCUT2D eigenvalue weighted by molar-refractivity contribution is -0.114. The van der Waals surface area contributed by atoms with Crippen molar-refractivity contribution < 1.29 is 9.59 Å². The van der Waals surface area contributed by atoms with Crippen molar-refractivity contribution in [2.24, 2.45) is 0 Å². The number of nitrogens with one attached hydrogen (secondary N) is 1. The second kappa shape index (κ2) is 6.98. The molecule has 0 fully saturated rings. The maximum absolute atomic E-state index is 12.2. The molecule has 0 unspecified atom stereocenters. The smallest absolute Gasteiger partial charge is 0.203 e. The molecule has 0 spiro atoms. The number of benzene rings is 2. The van der Waals surface area contributed by atoms with Gasteiger partial charge in [0.2, 0.25) is 5.78 Å². The van der Waals surface area contributed by atoms with E-state index in [2.05, 4.69) is 21.2 Å². The molecule has 1 aliphatic rings. The number of anilines is 1. The average Bonchev–Trinajstić information content (AvgIpc) is 2.55. The molecule has 0 heterocycles. The standard InChI is InChI=1S/C18H12BrNO2S/c19-12-6-8-13(9-7-12)20-15-10-17(22)18(11-16(15)21)23-14-4-2-1-3-5-14/h1-11,20H. The summed E-state index contributed by atoms with van der Waals surface area (Å²) in [6.45, 7) is 0. The molecule has 2 aromatic carbocycles. The lowest BCUT2D eigenvalue weighted by Gasteiger charge is -2.14. The van der Waals surface area contributed by atoms with Gasteiger partial charge in [-0.2, -0.15) is 0 Å². The largest absolute Gasteiger partial charge is 0.352 e. The van der Waals surface area contributed by atoms with Crippen LogP contribution in [0.15, 0.2) is 86.7 Å². The number of rotatable bonds is 4. The van der Waals surface area contributed by atoms with Crippen molar-refractivity contribution in [3.8, 4) is 0 Å². The third-order valence-electron chi connectivity index (χ3n) is 3.14. The van der Waals surface area contributed by atoms with Crippen LogP contribution in [0.3, 0.4) is 0 Å². The molecular weight excluding hydrogens is 374 g/mol. The van der Waals surface area contributed by atoms with Crippen molar-refractivity contribution >= 4 is 44.9 Å². The summed E-state index contributed by atoms with van der Waals surface area (Å²) in [6.07, 6.45) is 2.75. The predicted molar refractivity (Wildman–Crippen MR) is 96.2 cm³/mol. The van der Waals surface area contributed by atoms with Gasteiger partial charge in [-0.25, -0.2) is 0 Å². The van der Waals surface area contributed by atoms with Crippen molar-refractivity contribution in [3.05, 3.63) is 81.8 Å². The fourth-order valence-electron chi connectivity index (χ4n) is 2.02. The van der Waals surface area contributed by atoms with E-state index in [1.54, 1.807) is 0 Å². The Balaban J connectivity index is 1.74. The van der Waals surface area contributed by atoms with Crippen LogP contribution in [0.2, 0.25) is 0 Å². The van der Waals surface area contributed by atoms with Crippen LogP contribution in [-0.2, 0) is 9.59 Å². The molecule has 0 amide bonds. The highest BCUT2D eigenvalue weighted by atomic mass is 79.9. The van der Waals surface area contributed by atoms with Crippen molar-refractivity contribution in [1.82, 2.24) is 0 Å². The minimum atomic E-state index is -0.203. The Hall–Kier alpha value is -2.11. The Labute approximate surface area is 146 Å². The molecule has 114 valence electrons. The van der Waals surface area contributed by atoms with Crippen molar-refractivity contribution in [2.45, 2.75) is 4.90 Å². The lowest BCUT2D eigenvalue weighted by atomic mass is 10.1. The van der Waals surface area contributed by atoms with Crippen LogP contribution < -0.4 is 5.32 Å². The monoisotopic (exact) mass is 385 g/mol. The number of halogens is 1. The zero-order valence-corrected chi connectivity index (χ0v) is 14.4. The number of hydrogen-bond acceptors (Lipinski definition) is 4. The van der Waals surface area contributed by atoms with Crippen molar-refractivity contribution in [2.75, 3.05) is 5.32 Å². The molecule has 0 aromatic heterocycles. The molecule has 1 N–H and O–H groups in total. The zero-order valence-electron chi connectivity index (χ0n) is 12.0. The summed E-state index contributed by atoms with van der Waals surface area (Å²) in [5.74, 6) is -0.371. The first kappa shape index (κ1) is 15.8. The van der Waals surface area contributed by atoms with Crippen molar-refractivity contribution in [3.63, 3.8) is 0 Å². The molecule has 0 saturated heterocycles. The normalized spacial score (nSPS) is 14.3. The summed E-state index contributed by atoms with van der Waals surface area (Å²) in [6, 6.07) is 16.9. The van der Waals surface area contributed by atoms with Gasteiger partial charge >= 0.3 is 0 Å². The highest BCUT2D eigenvalue weighted by molar-refractivity contribution is 9.10. The molecule has 0 bridgehead atoms. The fourth-order valence-corrected chi connectivity index (χ4v) is 3.16. The van der Waals surface area contributed by atoms with Crippen LogP contribution in [0.5, 0.6) is 0 Å². The van der Waals surface area contributed by atoms with E-state index in [1.165, 1.54) is 23.9 Å². The Kier molecular flexibility index (Phi) is 4.79. The van der Waals surface area contributed by atoms with Gasteiger partial charge in [-0.1, -0.05) is 45.9 Å². The van der Waals surface area contributed by atoms with E-state index in [1.807, 2.05) is 54.6 Å². The Morgan fingerprint density at radius 2 is 1.52 bits per heavy atom. The molecule has 1 aliphatic carbocycles. The molecule has 0 saturated carbocycles.